The topological polar surface area (TPSA) is 51.8 Å². The summed E-state index contributed by atoms with van der Waals surface area (Å²) >= 11 is 1.62. The lowest BCUT2D eigenvalue weighted by atomic mass is 10.2. The Kier molecular flexibility index (Phi) is 2.86. The van der Waals surface area contributed by atoms with E-state index in [1.54, 1.807) is 23.7 Å². The molecule has 2 aromatic heterocycles. The van der Waals surface area contributed by atoms with Gasteiger partial charge in [-0.1, -0.05) is 0 Å². The zero-order valence-corrected chi connectivity index (χ0v) is 8.50. The largest absolute Gasteiger partial charge is 0.325 e. The molecule has 0 saturated carbocycles. The minimum Gasteiger partial charge on any atom is -0.325 e. The van der Waals surface area contributed by atoms with Crippen LogP contribution in [0.3, 0.4) is 0 Å². The van der Waals surface area contributed by atoms with Gasteiger partial charge in [-0.15, -0.1) is 11.3 Å². The molecule has 2 N–H and O–H groups in total. The van der Waals surface area contributed by atoms with Crippen molar-refractivity contribution in [1.29, 1.82) is 0 Å². The molecule has 2 rings (SSSR count). The molecule has 0 bridgehead atoms. The quantitative estimate of drug-likeness (QED) is 0.827. The third-order valence-corrected chi connectivity index (χ3v) is 2.83. The van der Waals surface area contributed by atoms with Crippen molar-refractivity contribution in [2.24, 2.45) is 5.73 Å². The summed E-state index contributed by atoms with van der Waals surface area (Å²) in [5.41, 5.74) is 7.81. The maximum Gasteiger partial charge on any atom is 0.106 e. The maximum absolute atomic E-state index is 5.49. The molecule has 14 heavy (non-hydrogen) atoms. The summed E-state index contributed by atoms with van der Waals surface area (Å²) in [4.78, 5) is 8.37. The van der Waals surface area contributed by atoms with Crippen LogP contribution in [0.1, 0.15) is 16.3 Å². The van der Waals surface area contributed by atoms with Crippen molar-refractivity contribution in [1.82, 2.24) is 9.97 Å². The molecule has 0 radical (unpaired) electrons. The fourth-order valence-electron chi connectivity index (χ4n) is 1.23. The van der Waals surface area contributed by atoms with E-state index in [2.05, 4.69) is 15.3 Å². The van der Waals surface area contributed by atoms with Crippen LogP contribution < -0.4 is 5.73 Å². The number of nitrogens with zero attached hydrogens (tertiary/aromatic N) is 2. The molecule has 4 heteroatoms. The molecule has 3 nitrogen and oxygen atoms in total. The SMILES string of the molecule is NCc1nc(Cc2ccncc2)cs1. The van der Waals surface area contributed by atoms with Gasteiger partial charge in [0, 0.05) is 30.7 Å². The van der Waals surface area contributed by atoms with E-state index in [1.807, 2.05) is 12.1 Å². The highest BCUT2D eigenvalue weighted by Gasteiger charge is 2.01. The summed E-state index contributed by atoms with van der Waals surface area (Å²) in [7, 11) is 0. The van der Waals surface area contributed by atoms with Crippen LogP contribution in [0.5, 0.6) is 0 Å². The van der Waals surface area contributed by atoms with Crippen LogP contribution in [0.25, 0.3) is 0 Å². The first-order chi connectivity index (χ1) is 6.88. The van der Waals surface area contributed by atoms with Crippen molar-refractivity contribution >= 4 is 11.3 Å². The summed E-state index contributed by atoms with van der Waals surface area (Å²) in [6.07, 6.45) is 4.45. The van der Waals surface area contributed by atoms with Gasteiger partial charge in [-0.25, -0.2) is 4.98 Å². The Labute approximate surface area is 86.6 Å². The predicted octanol–water partition coefficient (Wildman–Crippen LogP) is 1.59. The van der Waals surface area contributed by atoms with E-state index < -0.39 is 0 Å². The van der Waals surface area contributed by atoms with E-state index in [9.17, 15) is 0 Å². The summed E-state index contributed by atoms with van der Waals surface area (Å²) in [5.74, 6) is 0. The number of nitrogens with two attached hydrogens (primary N) is 1. The van der Waals surface area contributed by atoms with E-state index >= 15 is 0 Å². The molecule has 2 heterocycles. The van der Waals surface area contributed by atoms with Gasteiger partial charge >= 0.3 is 0 Å². The molecule has 0 unspecified atom stereocenters. The van der Waals surface area contributed by atoms with Crippen molar-refractivity contribution in [3.05, 3.63) is 46.2 Å². The molecular weight excluding hydrogens is 194 g/mol. The van der Waals surface area contributed by atoms with Crippen LogP contribution in [0.4, 0.5) is 0 Å². The number of aromatic nitrogens is 2. The number of thiazole rings is 1. The Bertz CT molecular complexity index is 397. The maximum atomic E-state index is 5.49. The highest BCUT2D eigenvalue weighted by Crippen LogP contribution is 2.12. The minimum atomic E-state index is 0.529. The standard InChI is InChI=1S/C10H11N3S/c11-6-10-13-9(7-14-10)5-8-1-3-12-4-2-8/h1-4,7H,5-6,11H2. The van der Waals surface area contributed by atoms with E-state index in [-0.39, 0.29) is 0 Å². The van der Waals surface area contributed by atoms with Crippen molar-refractivity contribution in [2.75, 3.05) is 0 Å². The van der Waals surface area contributed by atoms with Gasteiger partial charge in [-0.05, 0) is 17.7 Å². The second-order valence-electron chi connectivity index (χ2n) is 2.97. The highest BCUT2D eigenvalue weighted by atomic mass is 32.1. The zero-order valence-electron chi connectivity index (χ0n) is 7.68. The van der Waals surface area contributed by atoms with Crippen LogP contribution in [-0.4, -0.2) is 9.97 Å². The smallest absolute Gasteiger partial charge is 0.106 e. The summed E-state index contributed by atoms with van der Waals surface area (Å²) in [6, 6.07) is 4.00. The van der Waals surface area contributed by atoms with Crippen LogP contribution in [0, 0.1) is 0 Å². The number of rotatable bonds is 3. The molecule has 0 spiro atoms. The third kappa shape index (κ3) is 2.16. The van der Waals surface area contributed by atoms with Crippen LogP contribution in [0.2, 0.25) is 0 Å². The first-order valence-corrected chi connectivity index (χ1v) is 5.28. The lowest BCUT2D eigenvalue weighted by Crippen LogP contribution is -1.96. The zero-order chi connectivity index (χ0) is 9.80. The van der Waals surface area contributed by atoms with Crippen LogP contribution >= 0.6 is 11.3 Å². The fourth-order valence-corrected chi connectivity index (χ4v) is 1.91. The molecule has 2 aromatic rings. The fraction of sp³-hybridized carbons (Fsp3) is 0.200. The van der Waals surface area contributed by atoms with Gasteiger partial charge in [0.1, 0.15) is 5.01 Å². The molecular formula is C10H11N3S. The summed E-state index contributed by atoms with van der Waals surface area (Å²) in [5, 5.41) is 3.05. The van der Waals surface area contributed by atoms with Crippen molar-refractivity contribution in [3.63, 3.8) is 0 Å². The van der Waals surface area contributed by atoms with Crippen LogP contribution in [0.15, 0.2) is 29.9 Å². The molecule has 0 aromatic carbocycles. The molecule has 0 amide bonds. The lowest BCUT2D eigenvalue weighted by Gasteiger charge is -1.95. The van der Waals surface area contributed by atoms with Crippen molar-refractivity contribution < 1.29 is 0 Å². The Morgan fingerprint density at radius 2 is 2.07 bits per heavy atom. The monoisotopic (exact) mass is 205 g/mol. The normalized spacial score (nSPS) is 10.4. The number of hydrogen-bond donors (Lipinski definition) is 1. The van der Waals surface area contributed by atoms with Crippen molar-refractivity contribution in [2.45, 2.75) is 13.0 Å². The predicted molar refractivity (Wildman–Crippen MR) is 57.0 cm³/mol. The van der Waals surface area contributed by atoms with Crippen LogP contribution in [-0.2, 0) is 13.0 Å². The lowest BCUT2D eigenvalue weighted by molar-refractivity contribution is 0.993. The van der Waals surface area contributed by atoms with E-state index in [0.29, 0.717) is 6.54 Å². The van der Waals surface area contributed by atoms with E-state index in [1.165, 1.54) is 5.56 Å². The van der Waals surface area contributed by atoms with Gasteiger partial charge in [0.05, 0.1) is 5.69 Å². The average molecular weight is 205 g/mol. The van der Waals surface area contributed by atoms with E-state index in [4.69, 9.17) is 5.73 Å². The first kappa shape index (κ1) is 9.30. The average Bonchev–Trinajstić information content (AvgIpc) is 2.67. The second-order valence-corrected chi connectivity index (χ2v) is 3.91. The molecule has 0 saturated heterocycles. The minimum absolute atomic E-state index is 0.529. The highest BCUT2D eigenvalue weighted by molar-refractivity contribution is 7.09. The molecule has 0 aliphatic heterocycles. The third-order valence-electron chi connectivity index (χ3n) is 1.91. The van der Waals surface area contributed by atoms with Gasteiger partial charge in [-0.3, -0.25) is 4.98 Å². The molecule has 0 aliphatic rings. The Hall–Kier alpha value is -1.26. The number of hydrogen-bond acceptors (Lipinski definition) is 4. The molecule has 0 atom stereocenters. The number of pyridine rings is 1. The van der Waals surface area contributed by atoms with E-state index in [0.717, 1.165) is 17.1 Å². The summed E-state index contributed by atoms with van der Waals surface area (Å²) < 4.78 is 0. The van der Waals surface area contributed by atoms with Gasteiger partial charge in [0.2, 0.25) is 0 Å². The Morgan fingerprint density at radius 1 is 1.29 bits per heavy atom. The Balaban J connectivity index is 2.11. The molecule has 0 fully saturated rings. The second kappa shape index (κ2) is 4.30. The van der Waals surface area contributed by atoms with Crippen molar-refractivity contribution in [3.8, 4) is 0 Å². The van der Waals surface area contributed by atoms with Gasteiger partial charge in [-0.2, -0.15) is 0 Å². The van der Waals surface area contributed by atoms with Gasteiger partial charge in [0.15, 0.2) is 0 Å². The molecule has 0 aliphatic carbocycles. The van der Waals surface area contributed by atoms with Gasteiger partial charge in [0.25, 0.3) is 0 Å². The first-order valence-electron chi connectivity index (χ1n) is 4.41. The summed E-state index contributed by atoms with van der Waals surface area (Å²) in [6.45, 7) is 0.529. The van der Waals surface area contributed by atoms with Gasteiger partial charge < -0.3 is 5.73 Å². The Morgan fingerprint density at radius 3 is 2.71 bits per heavy atom. The molecule has 72 valence electrons.